The van der Waals surface area contributed by atoms with Gasteiger partial charge in [-0.25, -0.2) is 0 Å². The largest absolute Gasteiger partial charge is 0.324 e. The summed E-state index contributed by atoms with van der Waals surface area (Å²) in [5.41, 5.74) is 3.95. The van der Waals surface area contributed by atoms with Crippen molar-refractivity contribution in [3.8, 4) is 0 Å². The number of anilines is 1. The van der Waals surface area contributed by atoms with Crippen LogP contribution in [0.5, 0.6) is 0 Å². The Morgan fingerprint density at radius 3 is 1.67 bits per heavy atom. The molecule has 0 aromatic heterocycles. The van der Waals surface area contributed by atoms with Crippen molar-refractivity contribution in [2.45, 2.75) is 22.2 Å². The van der Waals surface area contributed by atoms with Crippen LogP contribution in [-0.2, 0) is 30.6 Å². The average Bonchev–Trinajstić information content (AvgIpc) is 3.27. The average molecular weight is 636 g/mol. The van der Waals surface area contributed by atoms with Crippen LogP contribution in [0.3, 0.4) is 0 Å². The number of halogens is 4. The molecule has 210 valence electrons. The van der Waals surface area contributed by atoms with Gasteiger partial charge in [0, 0.05) is 12.1 Å². The summed E-state index contributed by atoms with van der Waals surface area (Å²) >= 11 is 27.4. The summed E-state index contributed by atoms with van der Waals surface area (Å²) in [5, 5.41) is 3.42. The van der Waals surface area contributed by atoms with Crippen molar-refractivity contribution < 1.29 is 14.4 Å². The van der Waals surface area contributed by atoms with Crippen molar-refractivity contribution in [2.24, 2.45) is 11.8 Å². The summed E-state index contributed by atoms with van der Waals surface area (Å²) in [7, 11) is 0. The Kier molecular flexibility index (Phi) is 6.45. The Morgan fingerprint density at radius 2 is 1.19 bits per heavy atom. The second-order valence-corrected chi connectivity index (χ2v) is 12.8. The standard InChI is InChI=1S/C33H22Cl4N2O3/c34-24-15-14-19(17-25(24)35)38-29(40)26(16-18-8-2-1-3-9-18)39-30(41)27-28(31(39)42)33(37)21-11-5-4-10-20(21)32(27,36)22-12-6-7-13-23(22)33/h1-15,17,26-28H,16H2,(H,38,40)/t26-,27-,28-,32?,33?/m0/s1. The Hall–Kier alpha value is -3.35. The van der Waals surface area contributed by atoms with Gasteiger partial charge in [-0.05, 0) is 46.0 Å². The van der Waals surface area contributed by atoms with E-state index in [1.54, 1.807) is 12.1 Å². The summed E-state index contributed by atoms with van der Waals surface area (Å²) in [6.45, 7) is 0. The molecular weight excluding hydrogens is 614 g/mol. The molecule has 2 bridgehead atoms. The van der Waals surface area contributed by atoms with Crippen molar-refractivity contribution in [3.05, 3.63) is 135 Å². The second-order valence-electron chi connectivity index (χ2n) is 10.8. The second kappa shape index (κ2) is 9.85. The minimum atomic E-state index is -1.34. The molecule has 3 aliphatic carbocycles. The highest BCUT2D eigenvalue weighted by Crippen LogP contribution is 2.69. The van der Waals surface area contributed by atoms with E-state index in [4.69, 9.17) is 46.4 Å². The van der Waals surface area contributed by atoms with Gasteiger partial charge in [0.2, 0.25) is 17.7 Å². The zero-order chi connectivity index (χ0) is 29.4. The van der Waals surface area contributed by atoms with Gasteiger partial charge >= 0.3 is 0 Å². The van der Waals surface area contributed by atoms with Crippen LogP contribution in [0.1, 0.15) is 27.8 Å². The lowest BCUT2D eigenvalue weighted by Gasteiger charge is -2.54. The number of nitrogens with one attached hydrogen (secondary N) is 1. The molecule has 0 spiro atoms. The predicted octanol–water partition coefficient (Wildman–Crippen LogP) is 7.14. The molecule has 0 unspecified atom stereocenters. The number of alkyl halides is 2. The van der Waals surface area contributed by atoms with Crippen molar-refractivity contribution in [2.75, 3.05) is 5.32 Å². The number of hydrogen-bond acceptors (Lipinski definition) is 3. The maximum Gasteiger partial charge on any atom is 0.248 e. The van der Waals surface area contributed by atoms with E-state index in [0.29, 0.717) is 33.0 Å². The SMILES string of the molecule is O=C(Nc1ccc(Cl)c(Cl)c1)[C@H](Cc1ccccc1)N1C(=O)[C@@H]2[C@@H](C1=O)C1(Cl)c3ccccc3C2(Cl)c2ccccc21. The fraction of sp³-hybridized carbons (Fsp3) is 0.182. The Morgan fingerprint density at radius 1 is 0.714 bits per heavy atom. The first-order valence-electron chi connectivity index (χ1n) is 13.4. The van der Waals surface area contributed by atoms with Gasteiger partial charge in [-0.2, -0.15) is 0 Å². The first-order chi connectivity index (χ1) is 20.2. The number of rotatable bonds is 5. The lowest BCUT2D eigenvalue weighted by atomic mass is 9.54. The number of nitrogens with zero attached hydrogens (tertiary/aromatic N) is 1. The van der Waals surface area contributed by atoms with Gasteiger partial charge in [0.25, 0.3) is 0 Å². The third-order valence-electron chi connectivity index (χ3n) is 8.69. The van der Waals surface area contributed by atoms with Gasteiger partial charge in [0.15, 0.2) is 0 Å². The molecule has 1 N–H and O–H groups in total. The van der Waals surface area contributed by atoms with E-state index in [-0.39, 0.29) is 11.4 Å². The zero-order valence-corrected chi connectivity index (χ0v) is 24.9. The quantitative estimate of drug-likeness (QED) is 0.187. The van der Waals surface area contributed by atoms with E-state index in [9.17, 15) is 14.4 Å². The predicted molar refractivity (Wildman–Crippen MR) is 164 cm³/mol. The topological polar surface area (TPSA) is 66.5 Å². The molecule has 5 nitrogen and oxygen atoms in total. The van der Waals surface area contributed by atoms with Gasteiger partial charge in [0.1, 0.15) is 15.8 Å². The Balaban J connectivity index is 1.36. The van der Waals surface area contributed by atoms with Crippen LogP contribution in [-0.4, -0.2) is 28.7 Å². The molecule has 42 heavy (non-hydrogen) atoms. The molecular formula is C33H22Cl4N2O3. The minimum absolute atomic E-state index is 0.0926. The highest BCUT2D eigenvalue weighted by atomic mass is 35.5. The van der Waals surface area contributed by atoms with Crippen LogP contribution in [0.4, 0.5) is 5.69 Å². The third-order valence-corrected chi connectivity index (χ3v) is 10.7. The number of hydrogen-bond donors (Lipinski definition) is 1. The van der Waals surface area contributed by atoms with Crippen LogP contribution < -0.4 is 5.32 Å². The van der Waals surface area contributed by atoms with Gasteiger partial charge in [-0.1, -0.05) is 102 Å². The number of amides is 3. The van der Waals surface area contributed by atoms with E-state index < -0.39 is 45.3 Å². The number of carbonyl (C=O) groups excluding carboxylic acids is 3. The minimum Gasteiger partial charge on any atom is -0.324 e. The summed E-state index contributed by atoms with van der Waals surface area (Å²) in [6.07, 6.45) is 0.0926. The molecule has 1 saturated heterocycles. The number of benzene rings is 4. The van der Waals surface area contributed by atoms with E-state index in [1.807, 2.05) is 78.9 Å². The molecule has 0 radical (unpaired) electrons. The first kappa shape index (κ1) is 27.5. The molecule has 9 heteroatoms. The molecule has 4 aromatic carbocycles. The van der Waals surface area contributed by atoms with Crippen molar-refractivity contribution in [1.29, 1.82) is 0 Å². The normalized spacial score (nSPS) is 26.0. The lowest BCUT2D eigenvalue weighted by Crippen LogP contribution is -2.57. The van der Waals surface area contributed by atoms with Crippen LogP contribution in [0.25, 0.3) is 0 Å². The molecule has 8 rings (SSSR count). The van der Waals surface area contributed by atoms with Crippen LogP contribution in [0.2, 0.25) is 10.0 Å². The summed E-state index contributed by atoms with van der Waals surface area (Å²) < 4.78 is 0. The van der Waals surface area contributed by atoms with E-state index in [2.05, 4.69) is 5.32 Å². The molecule has 1 heterocycles. The Labute approximate surface area is 262 Å². The van der Waals surface area contributed by atoms with E-state index in [1.165, 1.54) is 6.07 Å². The zero-order valence-electron chi connectivity index (χ0n) is 21.9. The molecule has 3 atom stereocenters. The van der Waals surface area contributed by atoms with Crippen LogP contribution in [0.15, 0.2) is 97.1 Å². The molecule has 1 aliphatic heterocycles. The number of likely N-dealkylation sites (tertiary alicyclic amines) is 1. The van der Waals surface area contributed by atoms with Gasteiger partial charge in [-0.15, -0.1) is 23.2 Å². The molecule has 0 saturated carbocycles. The summed E-state index contributed by atoms with van der Waals surface area (Å²) in [4.78, 5) is 41.5. The highest BCUT2D eigenvalue weighted by Gasteiger charge is 2.73. The molecule has 3 amide bonds. The monoisotopic (exact) mass is 634 g/mol. The van der Waals surface area contributed by atoms with Crippen LogP contribution >= 0.6 is 46.4 Å². The lowest BCUT2D eigenvalue weighted by molar-refractivity contribution is -0.146. The van der Waals surface area contributed by atoms with Crippen molar-refractivity contribution >= 4 is 69.8 Å². The third kappa shape index (κ3) is 3.74. The maximum atomic E-state index is 14.5. The van der Waals surface area contributed by atoms with Crippen molar-refractivity contribution in [1.82, 2.24) is 4.90 Å². The summed E-state index contributed by atoms with van der Waals surface area (Å²) in [5.74, 6) is -3.62. The van der Waals surface area contributed by atoms with Crippen LogP contribution in [0, 0.1) is 11.8 Å². The maximum absolute atomic E-state index is 14.5. The first-order valence-corrected chi connectivity index (χ1v) is 14.9. The summed E-state index contributed by atoms with van der Waals surface area (Å²) in [6, 6.07) is 27.6. The van der Waals surface area contributed by atoms with Gasteiger partial charge in [0.05, 0.1) is 21.9 Å². The number of carbonyl (C=O) groups is 3. The fourth-order valence-corrected chi connectivity index (χ4v) is 8.33. The molecule has 4 aromatic rings. The highest BCUT2D eigenvalue weighted by molar-refractivity contribution is 6.42. The number of imide groups is 1. The van der Waals surface area contributed by atoms with Gasteiger partial charge in [-0.3, -0.25) is 19.3 Å². The fourth-order valence-electron chi connectivity index (χ4n) is 6.93. The van der Waals surface area contributed by atoms with Gasteiger partial charge < -0.3 is 5.32 Å². The van der Waals surface area contributed by atoms with Crippen molar-refractivity contribution in [3.63, 3.8) is 0 Å². The van der Waals surface area contributed by atoms with E-state index >= 15 is 0 Å². The molecule has 1 fully saturated rings. The Bertz CT molecular complexity index is 1670. The smallest absolute Gasteiger partial charge is 0.248 e. The van der Waals surface area contributed by atoms with E-state index in [0.717, 1.165) is 10.5 Å². The molecule has 4 aliphatic rings.